The molecule has 1 heterocycles. The van der Waals surface area contributed by atoms with E-state index in [9.17, 15) is 0 Å². The van der Waals surface area contributed by atoms with Crippen molar-refractivity contribution in [3.63, 3.8) is 0 Å². The van der Waals surface area contributed by atoms with Crippen LogP contribution in [0.15, 0.2) is 60.7 Å². The van der Waals surface area contributed by atoms with Crippen LogP contribution < -0.4 is 19.4 Å². The van der Waals surface area contributed by atoms with Crippen LogP contribution in [0, 0.1) is 0 Å². The Hall–Kier alpha value is -3.34. The molecular formula is C24H24BNO3. The van der Waals surface area contributed by atoms with Crippen molar-refractivity contribution in [2.75, 3.05) is 26.6 Å². The molecule has 1 N–H and O–H groups in total. The van der Waals surface area contributed by atoms with E-state index in [0.29, 0.717) is 0 Å². The summed E-state index contributed by atoms with van der Waals surface area (Å²) in [5.74, 6) is 2.41. The molecule has 0 amide bonds. The molecule has 0 atom stereocenters. The number of fused-ring (bicyclic) bond motifs is 1. The molecule has 1 aliphatic heterocycles. The molecule has 0 spiro atoms. The van der Waals surface area contributed by atoms with Gasteiger partial charge in [0, 0.05) is 11.8 Å². The zero-order valence-corrected chi connectivity index (χ0v) is 17.2. The molecule has 1 aliphatic rings. The number of anilines is 1. The monoisotopic (exact) mass is 385 g/mol. The minimum absolute atomic E-state index is 0.206. The molecule has 0 saturated heterocycles. The largest absolute Gasteiger partial charge is 0.497 e. The molecule has 0 bridgehead atoms. The topological polar surface area (TPSA) is 39.7 Å². The first-order chi connectivity index (χ1) is 14.1. The molecule has 4 rings (SSSR count). The van der Waals surface area contributed by atoms with Gasteiger partial charge in [-0.2, -0.15) is 0 Å². The lowest BCUT2D eigenvalue weighted by Gasteiger charge is -2.24. The first-order valence-electron chi connectivity index (χ1n) is 9.61. The van der Waals surface area contributed by atoms with Gasteiger partial charge in [-0.3, -0.25) is 0 Å². The number of rotatable bonds is 5. The molecule has 0 aromatic heterocycles. The van der Waals surface area contributed by atoms with E-state index in [2.05, 4.69) is 48.5 Å². The molecule has 0 radical (unpaired) electrons. The number of methoxy groups -OCH3 is 3. The van der Waals surface area contributed by atoms with Gasteiger partial charge in [0.15, 0.2) is 0 Å². The zero-order chi connectivity index (χ0) is 20.4. The van der Waals surface area contributed by atoms with Crippen molar-refractivity contribution in [1.29, 1.82) is 0 Å². The average molecular weight is 385 g/mol. The van der Waals surface area contributed by atoms with Crippen molar-refractivity contribution < 1.29 is 14.2 Å². The van der Waals surface area contributed by atoms with Gasteiger partial charge >= 0.3 is 0 Å². The van der Waals surface area contributed by atoms with Gasteiger partial charge in [0.05, 0.1) is 21.3 Å². The van der Waals surface area contributed by atoms with Gasteiger partial charge < -0.3 is 19.4 Å². The quantitative estimate of drug-likeness (QED) is 0.589. The third kappa shape index (κ3) is 3.81. The second-order valence-corrected chi connectivity index (χ2v) is 7.10. The van der Waals surface area contributed by atoms with Crippen molar-refractivity contribution >= 4 is 24.1 Å². The van der Waals surface area contributed by atoms with E-state index in [1.807, 2.05) is 30.3 Å². The number of hydrogen-bond donors (Lipinski definition) is 1. The van der Waals surface area contributed by atoms with E-state index in [-0.39, 0.29) is 6.85 Å². The summed E-state index contributed by atoms with van der Waals surface area (Å²) in [5.41, 5.74) is 6.83. The van der Waals surface area contributed by atoms with E-state index < -0.39 is 0 Å². The first-order valence-corrected chi connectivity index (χ1v) is 9.61. The smallest absolute Gasteiger partial charge is 0.283 e. The molecule has 0 saturated carbocycles. The summed E-state index contributed by atoms with van der Waals surface area (Å²) in [4.78, 5) is 0. The summed E-state index contributed by atoms with van der Waals surface area (Å²) in [6, 6.07) is 20.6. The van der Waals surface area contributed by atoms with Crippen molar-refractivity contribution in [2.24, 2.45) is 0 Å². The molecule has 3 aromatic rings. The number of benzene rings is 3. The molecule has 4 nitrogen and oxygen atoms in total. The van der Waals surface area contributed by atoms with E-state index in [1.54, 1.807) is 21.3 Å². The Morgan fingerprint density at radius 3 is 2.07 bits per heavy atom. The highest BCUT2D eigenvalue weighted by molar-refractivity contribution is 6.82. The van der Waals surface area contributed by atoms with Gasteiger partial charge in [-0.15, -0.1) is 0 Å². The summed E-state index contributed by atoms with van der Waals surface area (Å²) in [6.07, 6.45) is 2.26. The number of hydrogen-bond acceptors (Lipinski definition) is 4. The van der Waals surface area contributed by atoms with Crippen LogP contribution in [-0.4, -0.2) is 28.2 Å². The van der Waals surface area contributed by atoms with Crippen molar-refractivity contribution in [3.05, 3.63) is 71.8 Å². The van der Waals surface area contributed by atoms with Gasteiger partial charge in [-0.25, -0.2) is 0 Å². The fourth-order valence-corrected chi connectivity index (χ4v) is 3.71. The summed E-state index contributed by atoms with van der Waals surface area (Å²) < 4.78 is 16.3. The maximum Gasteiger partial charge on any atom is 0.283 e. The summed E-state index contributed by atoms with van der Waals surface area (Å²) in [5, 5.41) is 3.61. The fraction of sp³-hybridized carbons (Fsp3) is 0.167. The van der Waals surface area contributed by atoms with Gasteiger partial charge in [-0.1, -0.05) is 31.1 Å². The Bertz CT molecular complexity index is 1060. The Balaban J connectivity index is 1.77. The molecule has 0 fully saturated rings. The molecule has 0 unspecified atom stereocenters. The van der Waals surface area contributed by atoms with Crippen LogP contribution in [-0.2, 0) is 0 Å². The maximum absolute atomic E-state index is 5.43. The Labute approximate surface area is 172 Å². The minimum atomic E-state index is 0.206. The van der Waals surface area contributed by atoms with Crippen LogP contribution in [0.4, 0.5) is 5.69 Å². The number of ether oxygens (including phenoxy) is 3. The van der Waals surface area contributed by atoms with Crippen LogP contribution >= 0.6 is 0 Å². The molecular weight excluding hydrogens is 361 g/mol. The highest BCUT2D eigenvalue weighted by Gasteiger charge is 2.22. The third-order valence-electron chi connectivity index (χ3n) is 5.29. The van der Waals surface area contributed by atoms with Crippen molar-refractivity contribution in [3.8, 4) is 28.4 Å². The van der Waals surface area contributed by atoms with Gasteiger partial charge in [-0.05, 0) is 64.1 Å². The molecule has 0 aliphatic carbocycles. The summed E-state index contributed by atoms with van der Waals surface area (Å²) in [7, 11) is 5.03. The average Bonchev–Trinajstić information content (AvgIpc) is 2.77. The van der Waals surface area contributed by atoms with Crippen LogP contribution in [0.25, 0.3) is 22.7 Å². The second kappa shape index (κ2) is 7.96. The van der Waals surface area contributed by atoms with Crippen molar-refractivity contribution in [2.45, 2.75) is 6.82 Å². The predicted octanol–water partition coefficient (Wildman–Crippen LogP) is 5.51. The van der Waals surface area contributed by atoms with Crippen LogP contribution in [0.1, 0.15) is 11.1 Å². The molecule has 29 heavy (non-hydrogen) atoms. The summed E-state index contributed by atoms with van der Waals surface area (Å²) in [6.45, 7) is 2.38. The zero-order valence-electron chi connectivity index (χ0n) is 17.2. The lowest BCUT2D eigenvalue weighted by atomic mass is 9.53. The maximum atomic E-state index is 5.43. The first kappa shape index (κ1) is 19.0. The predicted molar refractivity (Wildman–Crippen MR) is 121 cm³/mol. The minimum Gasteiger partial charge on any atom is -0.497 e. The Kier molecular flexibility index (Phi) is 5.21. The highest BCUT2D eigenvalue weighted by Crippen LogP contribution is 2.36. The Morgan fingerprint density at radius 1 is 0.690 bits per heavy atom. The second-order valence-electron chi connectivity index (χ2n) is 7.10. The summed E-state index contributed by atoms with van der Waals surface area (Å²) >= 11 is 0. The van der Waals surface area contributed by atoms with E-state index in [4.69, 9.17) is 14.2 Å². The number of nitrogens with one attached hydrogen (secondary N) is 1. The van der Waals surface area contributed by atoms with E-state index >= 15 is 0 Å². The van der Waals surface area contributed by atoms with Crippen LogP contribution in [0.2, 0.25) is 6.82 Å². The van der Waals surface area contributed by atoms with Gasteiger partial charge in [0.1, 0.15) is 17.2 Å². The Morgan fingerprint density at radius 2 is 1.38 bits per heavy atom. The van der Waals surface area contributed by atoms with Crippen LogP contribution in [0.3, 0.4) is 0 Å². The molecule has 5 heteroatoms. The third-order valence-corrected chi connectivity index (χ3v) is 5.29. The SMILES string of the molecule is COc1cccc(C2=Cc3cc(-c4cc(OC)cc(OC)c4)ccc3NB2C)c1. The highest BCUT2D eigenvalue weighted by atomic mass is 16.5. The fourth-order valence-electron chi connectivity index (χ4n) is 3.71. The molecule has 146 valence electrons. The van der Waals surface area contributed by atoms with E-state index in [1.165, 1.54) is 5.47 Å². The van der Waals surface area contributed by atoms with Crippen LogP contribution in [0.5, 0.6) is 17.2 Å². The lowest BCUT2D eigenvalue weighted by molar-refractivity contribution is 0.394. The normalized spacial score (nSPS) is 12.6. The standard InChI is InChI=1S/C24H24BNO3/c1-25-23(17-6-5-7-20(11-17)27-2)14-19-10-16(8-9-24(19)26-25)18-12-21(28-3)15-22(13-18)29-4/h5-15,26H,1-4H3. The lowest BCUT2D eigenvalue weighted by Crippen LogP contribution is -2.26. The van der Waals surface area contributed by atoms with Gasteiger partial charge in [0.25, 0.3) is 6.85 Å². The molecule has 3 aromatic carbocycles. The van der Waals surface area contributed by atoms with E-state index in [0.717, 1.165) is 45.2 Å². The van der Waals surface area contributed by atoms with Gasteiger partial charge in [0.2, 0.25) is 0 Å². The van der Waals surface area contributed by atoms with Crippen molar-refractivity contribution in [1.82, 2.24) is 0 Å².